The zero-order valence-electron chi connectivity index (χ0n) is 16.7. The Kier molecular flexibility index (Phi) is 6.40. The van der Waals surface area contributed by atoms with E-state index in [0.717, 1.165) is 47.3 Å². The standard InChI is InChI=1S/C24H28O4/c1-4-27-23(25)14-18(2)8-9-19-16-24(12-6-5-7-13-24)17-28-22-11-10-20(26-3)15-21(19)22/h4,8-11,14-16H,1,5-7,12-13,17H2,2-3H3/b9-8+,18-14+. The number of hydrogen-bond donors (Lipinski definition) is 0. The summed E-state index contributed by atoms with van der Waals surface area (Å²) < 4.78 is 16.4. The molecule has 0 aromatic heterocycles. The predicted molar refractivity (Wildman–Crippen MR) is 111 cm³/mol. The monoisotopic (exact) mass is 380 g/mol. The van der Waals surface area contributed by atoms with Crippen LogP contribution in [0, 0.1) is 5.41 Å². The quantitative estimate of drug-likeness (QED) is 0.288. The van der Waals surface area contributed by atoms with Gasteiger partial charge in [-0.1, -0.05) is 44.1 Å². The van der Waals surface area contributed by atoms with Gasteiger partial charge in [0, 0.05) is 17.1 Å². The van der Waals surface area contributed by atoms with Crippen LogP contribution >= 0.6 is 0 Å². The lowest BCUT2D eigenvalue weighted by Crippen LogP contribution is -2.28. The maximum atomic E-state index is 11.6. The van der Waals surface area contributed by atoms with E-state index in [4.69, 9.17) is 14.2 Å². The third kappa shape index (κ3) is 4.75. The fourth-order valence-electron chi connectivity index (χ4n) is 3.91. The number of methoxy groups -OCH3 is 1. The molecule has 1 saturated carbocycles. The molecule has 1 fully saturated rings. The molecule has 0 unspecified atom stereocenters. The van der Waals surface area contributed by atoms with Crippen molar-refractivity contribution in [3.63, 3.8) is 0 Å². The first-order valence-corrected chi connectivity index (χ1v) is 9.77. The lowest BCUT2D eigenvalue weighted by molar-refractivity contribution is -0.132. The van der Waals surface area contributed by atoms with E-state index in [0.29, 0.717) is 6.61 Å². The molecule has 1 aliphatic carbocycles. The lowest BCUT2D eigenvalue weighted by atomic mass is 9.73. The van der Waals surface area contributed by atoms with Gasteiger partial charge in [-0.15, -0.1) is 0 Å². The number of carbonyl (C=O) groups is 1. The highest BCUT2D eigenvalue weighted by atomic mass is 16.5. The van der Waals surface area contributed by atoms with Crippen LogP contribution in [0.2, 0.25) is 0 Å². The Bertz CT molecular complexity index is 823. The Morgan fingerprint density at radius 1 is 1.25 bits per heavy atom. The molecule has 1 spiro atoms. The summed E-state index contributed by atoms with van der Waals surface area (Å²) in [5, 5.41) is 0. The minimum atomic E-state index is -0.429. The van der Waals surface area contributed by atoms with E-state index in [1.54, 1.807) is 7.11 Å². The minimum Gasteiger partial charge on any atom is -0.497 e. The maximum absolute atomic E-state index is 11.6. The topological polar surface area (TPSA) is 44.8 Å². The molecule has 0 saturated heterocycles. The van der Waals surface area contributed by atoms with Gasteiger partial charge in [-0.3, -0.25) is 0 Å². The van der Waals surface area contributed by atoms with Crippen molar-refractivity contribution in [2.75, 3.05) is 13.7 Å². The van der Waals surface area contributed by atoms with Crippen molar-refractivity contribution in [1.82, 2.24) is 0 Å². The molecule has 4 nitrogen and oxygen atoms in total. The van der Waals surface area contributed by atoms with Crippen LogP contribution in [0.25, 0.3) is 5.57 Å². The fourth-order valence-corrected chi connectivity index (χ4v) is 3.91. The van der Waals surface area contributed by atoms with Crippen molar-refractivity contribution in [1.29, 1.82) is 0 Å². The number of allylic oxidation sites excluding steroid dienone is 4. The largest absolute Gasteiger partial charge is 0.497 e. The first-order valence-electron chi connectivity index (χ1n) is 9.77. The molecule has 0 N–H and O–H groups in total. The summed E-state index contributed by atoms with van der Waals surface area (Å²) in [6.45, 7) is 5.97. The summed E-state index contributed by atoms with van der Waals surface area (Å²) >= 11 is 0. The number of rotatable bonds is 5. The second-order valence-corrected chi connectivity index (χ2v) is 7.50. The highest BCUT2D eigenvalue weighted by molar-refractivity contribution is 5.84. The average Bonchev–Trinajstić information content (AvgIpc) is 2.84. The smallest absolute Gasteiger partial charge is 0.335 e. The molecular weight excluding hydrogens is 352 g/mol. The van der Waals surface area contributed by atoms with Gasteiger partial charge in [0.25, 0.3) is 0 Å². The van der Waals surface area contributed by atoms with Crippen LogP contribution in [0.1, 0.15) is 44.6 Å². The highest BCUT2D eigenvalue weighted by Crippen LogP contribution is 2.44. The molecule has 3 rings (SSSR count). The van der Waals surface area contributed by atoms with E-state index >= 15 is 0 Å². The van der Waals surface area contributed by atoms with E-state index in [1.165, 1.54) is 25.3 Å². The summed E-state index contributed by atoms with van der Waals surface area (Å²) in [4.78, 5) is 11.6. The van der Waals surface area contributed by atoms with Gasteiger partial charge >= 0.3 is 5.97 Å². The Hall–Kier alpha value is -2.75. The van der Waals surface area contributed by atoms with Crippen LogP contribution in [-0.2, 0) is 9.53 Å². The molecular formula is C24H28O4. The Balaban J connectivity index is 1.98. The van der Waals surface area contributed by atoms with E-state index in [1.807, 2.05) is 31.2 Å². The van der Waals surface area contributed by atoms with E-state index in [2.05, 4.69) is 18.7 Å². The van der Waals surface area contributed by atoms with Gasteiger partial charge in [0.1, 0.15) is 11.5 Å². The van der Waals surface area contributed by atoms with Crippen LogP contribution in [0.5, 0.6) is 11.5 Å². The highest BCUT2D eigenvalue weighted by Gasteiger charge is 2.33. The third-order valence-electron chi connectivity index (χ3n) is 5.39. The number of carbonyl (C=O) groups excluding carboxylic acids is 1. The third-order valence-corrected chi connectivity index (χ3v) is 5.39. The van der Waals surface area contributed by atoms with Crippen molar-refractivity contribution in [3.8, 4) is 11.5 Å². The molecule has 1 aliphatic heterocycles. The van der Waals surface area contributed by atoms with E-state index in [9.17, 15) is 4.79 Å². The first-order chi connectivity index (χ1) is 13.5. The van der Waals surface area contributed by atoms with Gasteiger partial charge in [-0.25, -0.2) is 4.79 Å². The minimum absolute atomic E-state index is 0.0591. The second kappa shape index (κ2) is 8.96. The summed E-state index contributed by atoms with van der Waals surface area (Å²) in [6, 6.07) is 5.91. The van der Waals surface area contributed by atoms with Crippen molar-refractivity contribution in [3.05, 3.63) is 66.5 Å². The number of benzene rings is 1. The SMILES string of the molecule is C=COC(=O)/C=C(C)/C=C/C1=CC2(CCCCC2)COc2ccc(OC)cc21. The van der Waals surface area contributed by atoms with Crippen LogP contribution in [-0.4, -0.2) is 19.7 Å². The molecule has 28 heavy (non-hydrogen) atoms. The van der Waals surface area contributed by atoms with Crippen molar-refractivity contribution < 1.29 is 19.0 Å². The predicted octanol–water partition coefficient (Wildman–Crippen LogP) is 5.61. The molecule has 2 aliphatic rings. The normalized spacial score (nSPS) is 18.6. The zero-order chi connectivity index (χ0) is 20.0. The molecule has 0 amide bonds. The zero-order valence-corrected chi connectivity index (χ0v) is 16.7. The second-order valence-electron chi connectivity index (χ2n) is 7.50. The Morgan fingerprint density at radius 3 is 2.75 bits per heavy atom. The van der Waals surface area contributed by atoms with Crippen LogP contribution in [0.4, 0.5) is 0 Å². The van der Waals surface area contributed by atoms with Crippen LogP contribution in [0.15, 0.2) is 60.9 Å². The molecule has 1 aromatic carbocycles. The molecule has 1 heterocycles. The Labute approximate surface area is 167 Å². The fraction of sp³-hybridized carbons (Fsp3) is 0.375. The number of fused-ring (bicyclic) bond motifs is 1. The number of ether oxygens (including phenoxy) is 3. The molecule has 148 valence electrons. The van der Waals surface area contributed by atoms with Gasteiger partial charge in [0.05, 0.1) is 20.0 Å². The van der Waals surface area contributed by atoms with Crippen molar-refractivity contribution in [2.45, 2.75) is 39.0 Å². The summed E-state index contributed by atoms with van der Waals surface area (Å²) in [6.07, 6.45) is 14.9. The summed E-state index contributed by atoms with van der Waals surface area (Å²) in [7, 11) is 1.67. The lowest BCUT2D eigenvalue weighted by Gasteiger charge is -2.33. The van der Waals surface area contributed by atoms with Gasteiger partial charge < -0.3 is 14.2 Å². The van der Waals surface area contributed by atoms with Crippen molar-refractivity contribution >= 4 is 11.5 Å². The van der Waals surface area contributed by atoms with Crippen LogP contribution in [0.3, 0.4) is 0 Å². The van der Waals surface area contributed by atoms with E-state index < -0.39 is 5.97 Å². The number of esters is 1. The van der Waals surface area contributed by atoms with Crippen molar-refractivity contribution in [2.24, 2.45) is 5.41 Å². The maximum Gasteiger partial charge on any atom is 0.335 e. The van der Waals surface area contributed by atoms with Crippen LogP contribution < -0.4 is 9.47 Å². The molecule has 4 heteroatoms. The summed E-state index contributed by atoms with van der Waals surface area (Å²) in [5.41, 5.74) is 2.97. The van der Waals surface area contributed by atoms with Gasteiger partial charge in [0.2, 0.25) is 0 Å². The van der Waals surface area contributed by atoms with E-state index in [-0.39, 0.29) is 5.41 Å². The average molecular weight is 380 g/mol. The Morgan fingerprint density at radius 2 is 2.04 bits per heavy atom. The molecule has 1 aromatic rings. The molecule has 0 radical (unpaired) electrons. The molecule has 0 bridgehead atoms. The summed E-state index contributed by atoms with van der Waals surface area (Å²) in [5.74, 6) is 1.23. The van der Waals surface area contributed by atoms with Gasteiger partial charge in [-0.2, -0.15) is 0 Å². The molecule has 0 atom stereocenters. The van der Waals surface area contributed by atoms with Gasteiger partial charge in [0.15, 0.2) is 0 Å². The first kappa shape index (κ1) is 20.0. The van der Waals surface area contributed by atoms with Gasteiger partial charge in [-0.05, 0) is 49.1 Å². The number of hydrogen-bond acceptors (Lipinski definition) is 4.